The van der Waals surface area contributed by atoms with E-state index in [1.807, 2.05) is 6.92 Å². The van der Waals surface area contributed by atoms with Crippen molar-refractivity contribution >= 4 is 34.8 Å². The van der Waals surface area contributed by atoms with Crippen LogP contribution in [-0.2, 0) is 9.59 Å². The second kappa shape index (κ2) is 6.88. The number of hydrogen-bond donors (Lipinski definition) is 2. The molecular weight excluding hydrogens is 356 g/mol. The van der Waals surface area contributed by atoms with Crippen LogP contribution in [0.5, 0.6) is 11.5 Å². The first kappa shape index (κ1) is 18.1. The van der Waals surface area contributed by atoms with E-state index in [1.165, 1.54) is 0 Å². The van der Waals surface area contributed by atoms with Gasteiger partial charge < -0.3 is 20.1 Å². The molecule has 2 N–H and O–H groups in total. The molecule has 1 aliphatic rings. The Bertz CT molecular complexity index is 880. The number of rotatable bonds is 4. The van der Waals surface area contributed by atoms with Gasteiger partial charge in [0.1, 0.15) is 5.41 Å². The highest BCUT2D eigenvalue weighted by atomic mass is 35.5. The van der Waals surface area contributed by atoms with Gasteiger partial charge in [0.05, 0.1) is 0 Å². The predicted molar refractivity (Wildman–Crippen MR) is 99.8 cm³/mol. The van der Waals surface area contributed by atoms with E-state index in [0.29, 0.717) is 27.9 Å². The number of fused-ring (bicyclic) bond motifs is 1. The molecule has 1 heterocycles. The van der Waals surface area contributed by atoms with Crippen molar-refractivity contribution in [2.45, 2.75) is 20.8 Å². The molecule has 0 bridgehead atoms. The summed E-state index contributed by atoms with van der Waals surface area (Å²) in [6.45, 7) is 5.13. The predicted octanol–water partition coefficient (Wildman–Crippen LogP) is 3.98. The van der Waals surface area contributed by atoms with E-state index in [4.69, 9.17) is 21.1 Å². The molecule has 0 saturated carbocycles. The van der Waals surface area contributed by atoms with Gasteiger partial charge in [0, 0.05) is 22.5 Å². The molecule has 0 fully saturated rings. The molecule has 136 valence electrons. The van der Waals surface area contributed by atoms with Crippen molar-refractivity contribution in [3.05, 3.63) is 47.0 Å². The van der Waals surface area contributed by atoms with E-state index < -0.39 is 17.2 Å². The Morgan fingerprint density at radius 2 is 1.69 bits per heavy atom. The smallest absolute Gasteiger partial charge is 0.239 e. The summed E-state index contributed by atoms with van der Waals surface area (Å²) in [5, 5.41) is 6.02. The van der Waals surface area contributed by atoms with Crippen LogP contribution in [0.3, 0.4) is 0 Å². The number of nitrogens with one attached hydrogen (secondary N) is 2. The highest BCUT2D eigenvalue weighted by Gasteiger charge is 2.36. The summed E-state index contributed by atoms with van der Waals surface area (Å²) in [6.07, 6.45) is 0. The number of amides is 2. The summed E-state index contributed by atoms with van der Waals surface area (Å²) in [5.74, 6) is 0.311. The quantitative estimate of drug-likeness (QED) is 0.793. The van der Waals surface area contributed by atoms with Crippen molar-refractivity contribution in [3.63, 3.8) is 0 Å². The van der Waals surface area contributed by atoms with E-state index in [-0.39, 0.29) is 6.79 Å². The number of aryl methyl sites for hydroxylation is 1. The van der Waals surface area contributed by atoms with Gasteiger partial charge in [0.15, 0.2) is 11.5 Å². The molecule has 0 aromatic heterocycles. The number of anilines is 2. The Kier molecular flexibility index (Phi) is 4.78. The summed E-state index contributed by atoms with van der Waals surface area (Å²) in [5.41, 5.74) is 0.658. The number of ether oxygens (including phenoxy) is 2. The van der Waals surface area contributed by atoms with Crippen LogP contribution >= 0.6 is 11.6 Å². The lowest BCUT2D eigenvalue weighted by atomic mass is 9.90. The fourth-order valence-electron chi connectivity index (χ4n) is 2.37. The lowest BCUT2D eigenvalue weighted by Crippen LogP contribution is -2.41. The van der Waals surface area contributed by atoms with Gasteiger partial charge in [-0.1, -0.05) is 17.7 Å². The lowest BCUT2D eigenvalue weighted by Gasteiger charge is -2.23. The van der Waals surface area contributed by atoms with Gasteiger partial charge in [-0.3, -0.25) is 9.59 Å². The molecular formula is C19H19ClN2O4. The Balaban J connectivity index is 1.72. The molecule has 0 radical (unpaired) electrons. The van der Waals surface area contributed by atoms with Gasteiger partial charge >= 0.3 is 0 Å². The SMILES string of the molecule is Cc1ccc(Cl)cc1NC(=O)C(C)(C)C(=O)Nc1ccc2c(c1)OCO2. The van der Waals surface area contributed by atoms with Gasteiger partial charge in [-0.2, -0.15) is 0 Å². The van der Waals surface area contributed by atoms with Crippen molar-refractivity contribution in [3.8, 4) is 11.5 Å². The summed E-state index contributed by atoms with van der Waals surface area (Å²) >= 11 is 5.98. The summed E-state index contributed by atoms with van der Waals surface area (Å²) < 4.78 is 10.5. The Hall–Kier alpha value is -2.73. The normalized spacial score (nSPS) is 12.6. The van der Waals surface area contributed by atoms with Crippen LogP contribution in [0, 0.1) is 12.3 Å². The highest BCUT2D eigenvalue weighted by Crippen LogP contribution is 2.34. The minimum Gasteiger partial charge on any atom is -0.454 e. The number of carbonyl (C=O) groups excluding carboxylic acids is 2. The maximum atomic E-state index is 12.7. The van der Waals surface area contributed by atoms with Crippen LogP contribution in [0.25, 0.3) is 0 Å². The molecule has 0 atom stereocenters. The van der Waals surface area contributed by atoms with Crippen LogP contribution < -0.4 is 20.1 Å². The molecule has 2 amide bonds. The molecule has 0 saturated heterocycles. The van der Waals surface area contributed by atoms with Crippen LogP contribution in [0.1, 0.15) is 19.4 Å². The van der Waals surface area contributed by atoms with E-state index in [9.17, 15) is 9.59 Å². The fraction of sp³-hybridized carbons (Fsp3) is 0.263. The lowest BCUT2D eigenvalue weighted by molar-refractivity contribution is -0.135. The number of halogens is 1. The maximum absolute atomic E-state index is 12.7. The zero-order valence-electron chi connectivity index (χ0n) is 14.7. The van der Waals surface area contributed by atoms with E-state index in [0.717, 1.165) is 5.56 Å². The van der Waals surface area contributed by atoms with Gasteiger partial charge in [-0.05, 0) is 50.6 Å². The Morgan fingerprint density at radius 1 is 1.00 bits per heavy atom. The van der Waals surface area contributed by atoms with E-state index in [1.54, 1.807) is 50.2 Å². The Morgan fingerprint density at radius 3 is 2.46 bits per heavy atom. The average Bonchev–Trinajstić information content (AvgIpc) is 3.05. The van der Waals surface area contributed by atoms with Gasteiger partial charge in [0.25, 0.3) is 0 Å². The van der Waals surface area contributed by atoms with Crippen LogP contribution in [0.4, 0.5) is 11.4 Å². The third-order valence-electron chi connectivity index (χ3n) is 4.21. The molecule has 6 nitrogen and oxygen atoms in total. The molecule has 0 unspecified atom stereocenters. The van der Waals surface area contributed by atoms with Crippen molar-refractivity contribution in [1.82, 2.24) is 0 Å². The maximum Gasteiger partial charge on any atom is 0.239 e. The first-order chi connectivity index (χ1) is 12.3. The molecule has 0 aliphatic carbocycles. The molecule has 26 heavy (non-hydrogen) atoms. The van der Waals surface area contributed by atoms with Crippen molar-refractivity contribution in [1.29, 1.82) is 0 Å². The van der Waals surface area contributed by atoms with Crippen LogP contribution in [0.15, 0.2) is 36.4 Å². The molecule has 1 aliphatic heterocycles. The summed E-state index contributed by atoms with van der Waals surface area (Å²) in [6, 6.07) is 10.3. The standard InChI is InChI=1S/C19H19ClN2O4/c1-11-4-5-12(20)8-14(11)22-18(24)19(2,3)17(23)21-13-6-7-15-16(9-13)26-10-25-15/h4-9H,10H2,1-3H3,(H,21,23)(H,22,24). The minimum atomic E-state index is -1.30. The Labute approximate surface area is 156 Å². The zero-order valence-corrected chi connectivity index (χ0v) is 15.4. The van der Waals surface area contributed by atoms with E-state index >= 15 is 0 Å². The average molecular weight is 375 g/mol. The van der Waals surface area contributed by atoms with Gasteiger partial charge in [-0.25, -0.2) is 0 Å². The van der Waals surface area contributed by atoms with E-state index in [2.05, 4.69) is 10.6 Å². The molecule has 3 rings (SSSR count). The first-order valence-electron chi connectivity index (χ1n) is 8.06. The first-order valence-corrected chi connectivity index (χ1v) is 8.44. The third kappa shape index (κ3) is 3.60. The van der Waals surface area contributed by atoms with Crippen molar-refractivity contribution in [2.75, 3.05) is 17.4 Å². The van der Waals surface area contributed by atoms with Crippen LogP contribution in [-0.4, -0.2) is 18.6 Å². The largest absolute Gasteiger partial charge is 0.454 e. The topological polar surface area (TPSA) is 76.7 Å². The molecule has 2 aromatic rings. The van der Waals surface area contributed by atoms with Crippen molar-refractivity contribution in [2.24, 2.45) is 5.41 Å². The summed E-state index contributed by atoms with van der Waals surface area (Å²) in [4.78, 5) is 25.3. The minimum absolute atomic E-state index is 0.152. The van der Waals surface area contributed by atoms with Crippen LogP contribution in [0.2, 0.25) is 5.02 Å². The molecule has 7 heteroatoms. The highest BCUT2D eigenvalue weighted by molar-refractivity contribution is 6.31. The number of benzene rings is 2. The zero-order chi connectivity index (χ0) is 18.9. The number of carbonyl (C=O) groups is 2. The molecule has 0 spiro atoms. The van der Waals surface area contributed by atoms with Gasteiger partial charge in [0.2, 0.25) is 18.6 Å². The second-order valence-corrected chi connectivity index (χ2v) is 7.00. The molecule has 2 aromatic carbocycles. The second-order valence-electron chi connectivity index (χ2n) is 6.56. The monoisotopic (exact) mass is 374 g/mol. The fourth-order valence-corrected chi connectivity index (χ4v) is 2.54. The number of hydrogen-bond acceptors (Lipinski definition) is 4. The summed E-state index contributed by atoms with van der Waals surface area (Å²) in [7, 11) is 0. The van der Waals surface area contributed by atoms with Gasteiger partial charge in [-0.15, -0.1) is 0 Å². The third-order valence-corrected chi connectivity index (χ3v) is 4.45. The van der Waals surface area contributed by atoms with Crippen molar-refractivity contribution < 1.29 is 19.1 Å².